The van der Waals surface area contributed by atoms with Crippen molar-refractivity contribution in [2.24, 2.45) is 0 Å². The van der Waals surface area contributed by atoms with Crippen molar-refractivity contribution < 1.29 is 0 Å². The fourth-order valence-corrected chi connectivity index (χ4v) is 4.50. The van der Waals surface area contributed by atoms with Crippen LogP contribution >= 0.6 is 15.9 Å². The number of hydrogen-bond acceptors (Lipinski definition) is 0. The molecule has 0 saturated carbocycles. The summed E-state index contributed by atoms with van der Waals surface area (Å²) in [6.07, 6.45) is 0. The molecule has 0 atom stereocenters. The van der Waals surface area contributed by atoms with Crippen molar-refractivity contribution in [1.29, 1.82) is 0 Å². The molecule has 0 saturated heterocycles. The number of fused-ring (bicyclic) bond motifs is 1. The van der Waals surface area contributed by atoms with Crippen molar-refractivity contribution in [1.82, 2.24) is 0 Å². The Labute approximate surface area is 179 Å². The van der Waals surface area contributed by atoms with E-state index in [0.29, 0.717) is 0 Å². The lowest BCUT2D eigenvalue weighted by atomic mass is 9.92. The van der Waals surface area contributed by atoms with Crippen LogP contribution in [-0.2, 0) is 0 Å². The third-order valence-electron chi connectivity index (χ3n) is 5.33. The van der Waals surface area contributed by atoms with E-state index in [1.165, 1.54) is 44.2 Å². The highest BCUT2D eigenvalue weighted by atomic mass is 79.9. The topological polar surface area (TPSA) is 0 Å². The zero-order valence-electron chi connectivity index (χ0n) is 15.8. The van der Waals surface area contributed by atoms with Crippen LogP contribution in [0.1, 0.15) is 0 Å². The van der Waals surface area contributed by atoms with Gasteiger partial charge < -0.3 is 0 Å². The van der Waals surface area contributed by atoms with Gasteiger partial charge in [-0.1, -0.05) is 97.1 Å². The second-order valence-electron chi connectivity index (χ2n) is 7.18. The van der Waals surface area contributed by atoms with Gasteiger partial charge in [-0.25, -0.2) is 0 Å². The summed E-state index contributed by atoms with van der Waals surface area (Å²) in [7, 11) is 0. The molecule has 1 heteroatoms. The predicted octanol–water partition coefficient (Wildman–Crippen LogP) is 8.60. The van der Waals surface area contributed by atoms with Gasteiger partial charge in [0.15, 0.2) is 0 Å². The maximum absolute atomic E-state index is 3.90. The number of rotatable bonds is 3. The van der Waals surface area contributed by atoms with Gasteiger partial charge in [0, 0.05) is 4.47 Å². The summed E-state index contributed by atoms with van der Waals surface area (Å²) in [5.74, 6) is 0. The molecular formula is C28H19Br. The fourth-order valence-electron chi connectivity index (χ4n) is 3.82. The highest BCUT2D eigenvalue weighted by Gasteiger charge is 2.13. The first kappa shape index (κ1) is 17.9. The van der Waals surface area contributed by atoms with Gasteiger partial charge in [-0.15, -0.1) is 0 Å². The lowest BCUT2D eigenvalue weighted by Gasteiger charge is -2.15. The van der Waals surface area contributed by atoms with E-state index in [4.69, 9.17) is 0 Å². The Morgan fingerprint density at radius 2 is 0.897 bits per heavy atom. The second-order valence-corrected chi connectivity index (χ2v) is 7.97. The van der Waals surface area contributed by atoms with E-state index >= 15 is 0 Å². The van der Waals surface area contributed by atoms with Crippen molar-refractivity contribution in [3.8, 4) is 33.4 Å². The van der Waals surface area contributed by atoms with Crippen LogP contribution in [0.4, 0.5) is 0 Å². The van der Waals surface area contributed by atoms with Gasteiger partial charge in [0.25, 0.3) is 0 Å². The summed E-state index contributed by atoms with van der Waals surface area (Å²) >= 11 is 3.90. The van der Waals surface area contributed by atoms with Gasteiger partial charge in [-0.3, -0.25) is 0 Å². The molecule has 5 rings (SSSR count). The minimum absolute atomic E-state index is 1.12. The summed E-state index contributed by atoms with van der Waals surface area (Å²) < 4.78 is 1.12. The van der Waals surface area contributed by atoms with Gasteiger partial charge in [0.2, 0.25) is 0 Å². The quantitative estimate of drug-likeness (QED) is 0.266. The summed E-state index contributed by atoms with van der Waals surface area (Å²) in [5, 5.41) is 2.52. The van der Waals surface area contributed by atoms with E-state index in [1.807, 2.05) is 0 Å². The molecule has 5 aromatic rings. The number of hydrogen-bond donors (Lipinski definition) is 0. The summed E-state index contributed by atoms with van der Waals surface area (Å²) in [6, 6.07) is 40.9. The van der Waals surface area contributed by atoms with E-state index in [1.54, 1.807) is 0 Å². The fraction of sp³-hybridized carbons (Fsp3) is 0. The Hall–Kier alpha value is -3.16. The molecule has 0 aliphatic carbocycles. The summed E-state index contributed by atoms with van der Waals surface area (Å²) in [5.41, 5.74) is 7.27. The zero-order valence-corrected chi connectivity index (χ0v) is 17.4. The molecule has 0 aliphatic rings. The van der Waals surface area contributed by atoms with Gasteiger partial charge in [0.05, 0.1) is 0 Å². The molecule has 0 heterocycles. The predicted molar refractivity (Wildman–Crippen MR) is 128 cm³/mol. The average Bonchev–Trinajstić information content (AvgIpc) is 2.80. The van der Waals surface area contributed by atoms with E-state index in [0.717, 1.165) is 4.47 Å². The minimum Gasteiger partial charge on any atom is -0.0622 e. The van der Waals surface area contributed by atoms with Crippen LogP contribution in [-0.4, -0.2) is 0 Å². The molecule has 0 unspecified atom stereocenters. The molecule has 0 amide bonds. The standard InChI is InChI=1S/C28H19Br/c29-28-26(21-10-3-1-4-11-21)18-25(19-27(28)22-12-5-2-6-13-22)24-16-15-20-9-7-8-14-23(20)17-24/h1-19H. The lowest BCUT2D eigenvalue weighted by Crippen LogP contribution is -1.89. The van der Waals surface area contributed by atoms with Crippen LogP contribution in [0.5, 0.6) is 0 Å². The first-order valence-corrected chi connectivity index (χ1v) is 10.5. The number of halogens is 1. The molecule has 29 heavy (non-hydrogen) atoms. The Kier molecular flexibility index (Phi) is 4.75. The van der Waals surface area contributed by atoms with Crippen molar-refractivity contribution in [2.75, 3.05) is 0 Å². The molecular weight excluding hydrogens is 416 g/mol. The molecule has 0 aliphatic heterocycles. The normalized spacial score (nSPS) is 10.9. The molecule has 0 fully saturated rings. The molecule has 0 nitrogen and oxygen atoms in total. The van der Waals surface area contributed by atoms with Gasteiger partial charge in [0.1, 0.15) is 0 Å². The molecule has 0 N–H and O–H groups in total. The van der Waals surface area contributed by atoms with Crippen LogP contribution in [0.2, 0.25) is 0 Å². The largest absolute Gasteiger partial charge is 0.0622 e. The Morgan fingerprint density at radius 1 is 0.379 bits per heavy atom. The highest BCUT2D eigenvalue weighted by Crippen LogP contribution is 2.40. The first-order chi connectivity index (χ1) is 14.3. The van der Waals surface area contributed by atoms with Crippen molar-refractivity contribution in [2.45, 2.75) is 0 Å². The Morgan fingerprint density at radius 3 is 1.48 bits per heavy atom. The molecule has 0 spiro atoms. The highest BCUT2D eigenvalue weighted by molar-refractivity contribution is 9.10. The summed E-state index contributed by atoms with van der Waals surface area (Å²) in [6.45, 7) is 0. The lowest BCUT2D eigenvalue weighted by molar-refractivity contribution is 1.54. The zero-order chi connectivity index (χ0) is 19.6. The Bertz CT molecular complexity index is 1230. The smallest absolute Gasteiger partial charge is 0.0332 e. The van der Waals surface area contributed by atoms with Gasteiger partial charge in [-0.2, -0.15) is 0 Å². The molecule has 0 bridgehead atoms. The Balaban J connectivity index is 1.76. The molecule has 138 valence electrons. The van der Waals surface area contributed by atoms with Crippen molar-refractivity contribution >= 4 is 26.7 Å². The maximum Gasteiger partial charge on any atom is 0.0332 e. The number of benzene rings is 5. The SMILES string of the molecule is Brc1c(-c2ccccc2)cc(-c2ccc3ccccc3c2)cc1-c1ccccc1. The molecule has 0 radical (unpaired) electrons. The third-order valence-corrected chi connectivity index (χ3v) is 6.18. The average molecular weight is 435 g/mol. The molecule has 5 aromatic carbocycles. The second kappa shape index (κ2) is 7.69. The monoisotopic (exact) mass is 434 g/mol. The van der Waals surface area contributed by atoms with Crippen LogP contribution in [0.15, 0.2) is 120 Å². The van der Waals surface area contributed by atoms with Crippen LogP contribution < -0.4 is 0 Å². The molecule has 0 aromatic heterocycles. The van der Waals surface area contributed by atoms with E-state index in [-0.39, 0.29) is 0 Å². The van der Waals surface area contributed by atoms with E-state index in [2.05, 4.69) is 131 Å². The van der Waals surface area contributed by atoms with Gasteiger partial charge in [-0.05, 0) is 78.3 Å². The van der Waals surface area contributed by atoms with Crippen LogP contribution in [0, 0.1) is 0 Å². The van der Waals surface area contributed by atoms with E-state index in [9.17, 15) is 0 Å². The van der Waals surface area contributed by atoms with Crippen LogP contribution in [0.25, 0.3) is 44.2 Å². The first-order valence-electron chi connectivity index (χ1n) is 9.73. The van der Waals surface area contributed by atoms with Gasteiger partial charge >= 0.3 is 0 Å². The van der Waals surface area contributed by atoms with Crippen molar-refractivity contribution in [3.05, 3.63) is 120 Å². The maximum atomic E-state index is 3.90. The van der Waals surface area contributed by atoms with Crippen molar-refractivity contribution in [3.63, 3.8) is 0 Å². The summed E-state index contributed by atoms with van der Waals surface area (Å²) in [4.78, 5) is 0. The third kappa shape index (κ3) is 3.50. The minimum atomic E-state index is 1.12. The van der Waals surface area contributed by atoms with Crippen LogP contribution in [0.3, 0.4) is 0 Å². The van der Waals surface area contributed by atoms with E-state index < -0.39 is 0 Å².